The predicted octanol–water partition coefficient (Wildman–Crippen LogP) is 3.94. The first-order valence-corrected chi connectivity index (χ1v) is 9.00. The molecule has 0 radical (unpaired) electrons. The molecule has 1 aliphatic heterocycles. The minimum Gasteiger partial charge on any atom is -0.497 e. The molecule has 148 valence electrons. The van der Waals surface area contributed by atoms with Crippen molar-refractivity contribution < 1.29 is 23.7 Å². The van der Waals surface area contributed by atoms with Crippen LogP contribution < -0.4 is 14.2 Å². The number of carbonyl (C=O) groups excluding carboxylic acids is 1. The van der Waals surface area contributed by atoms with E-state index in [1.54, 1.807) is 25.3 Å². The zero-order chi connectivity index (χ0) is 20.8. The molecule has 0 saturated heterocycles. The number of hydrogen-bond acceptors (Lipinski definition) is 7. The van der Waals surface area contributed by atoms with Gasteiger partial charge in [0.1, 0.15) is 28.9 Å². The van der Waals surface area contributed by atoms with Crippen LogP contribution in [0.15, 0.2) is 58.9 Å². The van der Waals surface area contributed by atoms with Crippen LogP contribution in [0, 0.1) is 11.3 Å². The van der Waals surface area contributed by atoms with Crippen LogP contribution in [-0.2, 0) is 9.53 Å². The smallest absolute Gasteiger partial charge is 0.308 e. The predicted molar refractivity (Wildman–Crippen MR) is 106 cm³/mol. The zero-order valence-electron chi connectivity index (χ0n) is 16.3. The number of rotatable bonds is 6. The molecule has 0 spiro atoms. The highest BCUT2D eigenvalue weighted by Crippen LogP contribution is 2.44. The number of benzene rings is 2. The number of hydrogen-bond donors (Lipinski definition) is 0. The average Bonchev–Trinajstić information content (AvgIpc) is 2.72. The van der Waals surface area contributed by atoms with Crippen LogP contribution >= 0.6 is 0 Å². The van der Waals surface area contributed by atoms with E-state index in [2.05, 4.69) is 11.1 Å². The lowest BCUT2D eigenvalue weighted by molar-refractivity contribution is -0.131. The molecule has 0 saturated carbocycles. The fraction of sp³-hybridized carbons (Fsp3) is 0.227. The fourth-order valence-electron chi connectivity index (χ4n) is 3.02. The van der Waals surface area contributed by atoms with Crippen molar-refractivity contribution in [2.75, 3.05) is 13.7 Å². The van der Waals surface area contributed by atoms with Crippen LogP contribution in [0.1, 0.15) is 30.9 Å². The third-order valence-corrected chi connectivity index (χ3v) is 4.26. The minimum absolute atomic E-state index is 0.134. The van der Waals surface area contributed by atoms with Gasteiger partial charge in [-0.25, -0.2) is 0 Å². The Morgan fingerprint density at radius 3 is 2.59 bits per heavy atom. The third kappa shape index (κ3) is 4.38. The van der Waals surface area contributed by atoms with Crippen molar-refractivity contribution in [2.45, 2.75) is 19.8 Å². The Morgan fingerprint density at radius 2 is 1.97 bits per heavy atom. The van der Waals surface area contributed by atoms with Crippen molar-refractivity contribution in [3.63, 3.8) is 0 Å². The molecule has 0 bridgehead atoms. The molecule has 0 N–H and O–H groups in total. The van der Waals surface area contributed by atoms with Crippen LogP contribution in [-0.4, -0.2) is 26.1 Å². The second-order valence-corrected chi connectivity index (χ2v) is 6.12. The lowest BCUT2D eigenvalue weighted by Crippen LogP contribution is -2.16. The van der Waals surface area contributed by atoms with Gasteiger partial charge in [0.05, 0.1) is 19.6 Å². The first-order chi connectivity index (χ1) is 14.1. The van der Waals surface area contributed by atoms with Gasteiger partial charge in [0.25, 0.3) is 0 Å². The first kappa shape index (κ1) is 20.0. The van der Waals surface area contributed by atoms with Gasteiger partial charge in [-0.2, -0.15) is 10.3 Å². The maximum absolute atomic E-state index is 11.3. The van der Waals surface area contributed by atoms with Crippen molar-refractivity contribution in [1.82, 2.24) is 0 Å². The molecule has 1 unspecified atom stereocenters. The monoisotopic (exact) mass is 392 g/mol. The normalized spacial score (nSPS) is 15.3. The summed E-state index contributed by atoms with van der Waals surface area (Å²) in [5.74, 6) is 0.799. The summed E-state index contributed by atoms with van der Waals surface area (Å²) in [5.41, 5.74) is 1.98. The molecule has 0 aliphatic carbocycles. The second-order valence-electron chi connectivity index (χ2n) is 6.12. The molecule has 7 nitrogen and oxygen atoms in total. The molecule has 2 aromatic carbocycles. The van der Waals surface area contributed by atoms with Crippen LogP contribution in [0.3, 0.4) is 0 Å². The van der Waals surface area contributed by atoms with Gasteiger partial charge in [-0.05, 0) is 30.7 Å². The van der Waals surface area contributed by atoms with E-state index in [-0.39, 0.29) is 5.88 Å². The lowest BCUT2D eigenvalue weighted by Gasteiger charge is -2.26. The Kier molecular flexibility index (Phi) is 6.15. The van der Waals surface area contributed by atoms with Crippen LogP contribution in [0.2, 0.25) is 0 Å². The molecule has 1 atom stereocenters. The number of methoxy groups -OCH3 is 1. The molecule has 1 heterocycles. The lowest BCUT2D eigenvalue weighted by atomic mass is 9.83. The summed E-state index contributed by atoms with van der Waals surface area (Å²) in [6.07, 6.45) is 1.25. The number of allylic oxidation sites excluding steroid dienone is 1. The number of fused-ring (bicyclic) bond motifs is 1. The summed E-state index contributed by atoms with van der Waals surface area (Å²) in [6, 6.07) is 14.7. The molecular weight excluding hydrogens is 372 g/mol. The SMILES string of the molecule is CCO/C=N/C1=C(C#N)C(c2ccc(OC)cc2)c2ccc(OC(C)=O)cc2O1. The molecule has 3 rings (SSSR count). The zero-order valence-corrected chi connectivity index (χ0v) is 16.3. The average molecular weight is 392 g/mol. The van der Waals surface area contributed by atoms with Gasteiger partial charge in [0.2, 0.25) is 5.88 Å². The summed E-state index contributed by atoms with van der Waals surface area (Å²) in [6.45, 7) is 3.59. The number of aliphatic imine (C=N–C) groups is 1. The molecule has 2 aromatic rings. The second kappa shape index (κ2) is 8.93. The van der Waals surface area contributed by atoms with E-state index in [4.69, 9.17) is 18.9 Å². The number of nitrogens with zero attached hydrogens (tertiary/aromatic N) is 2. The van der Waals surface area contributed by atoms with E-state index in [0.717, 1.165) is 11.1 Å². The van der Waals surface area contributed by atoms with Crippen molar-refractivity contribution in [3.05, 3.63) is 65.0 Å². The van der Waals surface area contributed by atoms with Crippen LogP contribution in [0.5, 0.6) is 17.2 Å². The Bertz CT molecular complexity index is 1000. The molecule has 0 aromatic heterocycles. The standard InChI is InChI=1S/C22H20N2O5/c1-4-27-13-24-22-19(12-23)21(15-5-7-16(26-3)8-6-15)18-10-9-17(28-14(2)25)11-20(18)29-22/h5-11,13,21H,4H2,1-3H3/b24-13+. The molecule has 29 heavy (non-hydrogen) atoms. The Hall–Kier alpha value is -3.79. The van der Waals surface area contributed by atoms with Gasteiger partial charge < -0.3 is 18.9 Å². The summed E-state index contributed by atoms with van der Waals surface area (Å²) in [4.78, 5) is 15.5. The Labute approximate surface area is 168 Å². The van der Waals surface area contributed by atoms with E-state index >= 15 is 0 Å². The maximum Gasteiger partial charge on any atom is 0.308 e. The van der Waals surface area contributed by atoms with E-state index in [9.17, 15) is 10.1 Å². The maximum atomic E-state index is 11.3. The highest BCUT2D eigenvalue weighted by molar-refractivity contribution is 5.70. The van der Waals surface area contributed by atoms with Gasteiger partial charge >= 0.3 is 5.97 Å². The fourth-order valence-corrected chi connectivity index (χ4v) is 3.02. The number of nitriles is 1. The van der Waals surface area contributed by atoms with Crippen molar-refractivity contribution in [1.29, 1.82) is 5.26 Å². The molecule has 0 amide bonds. The van der Waals surface area contributed by atoms with Gasteiger partial charge in [-0.15, -0.1) is 0 Å². The van der Waals surface area contributed by atoms with E-state index in [1.807, 2.05) is 31.2 Å². The summed E-state index contributed by atoms with van der Waals surface area (Å²) < 4.78 is 21.4. The van der Waals surface area contributed by atoms with Gasteiger partial charge in [-0.3, -0.25) is 4.79 Å². The van der Waals surface area contributed by atoms with E-state index in [0.29, 0.717) is 29.4 Å². The van der Waals surface area contributed by atoms with Crippen molar-refractivity contribution in [3.8, 4) is 23.3 Å². The summed E-state index contributed by atoms with van der Waals surface area (Å²) in [7, 11) is 1.59. The number of ether oxygens (including phenoxy) is 4. The first-order valence-electron chi connectivity index (χ1n) is 9.00. The summed E-state index contributed by atoms with van der Waals surface area (Å²) >= 11 is 0. The Morgan fingerprint density at radius 1 is 1.24 bits per heavy atom. The number of esters is 1. The van der Waals surface area contributed by atoms with Gasteiger partial charge in [-0.1, -0.05) is 18.2 Å². The van der Waals surface area contributed by atoms with Gasteiger partial charge in [0, 0.05) is 18.6 Å². The largest absolute Gasteiger partial charge is 0.497 e. The van der Waals surface area contributed by atoms with E-state index in [1.165, 1.54) is 13.3 Å². The quantitative estimate of drug-likeness (QED) is 0.320. The third-order valence-electron chi connectivity index (χ3n) is 4.26. The van der Waals surface area contributed by atoms with Gasteiger partial charge in [0.15, 0.2) is 6.40 Å². The molecule has 0 fully saturated rings. The molecule has 1 aliphatic rings. The topological polar surface area (TPSA) is 90.1 Å². The van der Waals surface area contributed by atoms with Crippen LogP contribution in [0.25, 0.3) is 0 Å². The summed E-state index contributed by atoms with van der Waals surface area (Å²) in [5, 5.41) is 9.85. The van der Waals surface area contributed by atoms with Crippen molar-refractivity contribution in [2.24, 2.45) is 4.99 Å². The minimum atomic E-state index is -0.435. The van der Waals surface area contributed by atoms with Crippen molar-refractivity contribution >= 4 is 12.4 Å². The number of carbonyl (C=O) groups is 1. The molecule has 7 heteroatoms. The van der Waals surface area contributed by atoms with Crippen LogP contribution in [0.4, 0.5) is 0 Å². The highest BCUT2D eigenvalue weighted by Gasteiger charge is 2.32. The van der Waals surface area contributed by atoms with E-state index < -0.39 is 11.9 Å². The highest BCUT2D eigenvalue weighted by atomic mass is 16.5. The molecular formula is C22H20N2O5. The Balaban J connectivity index is 2.13.